The van der Waals surface area contributed by atoms with E-state index in [0.29, 0.717) is 0 Å². The molecule has 0 saturated heterocycles. The van der Waals surface area contributed by atoms with Crippen LogP contribution in [0.1, 0.15) is 54.4 Å². The van der Waals surface area contributed by atoms with Crippen molar-refractivity contribution >= 4 is 6.09 Å². The number of rotatable bonds is 4. The molecule has 1 amide bonds. The van der Waals surface area contributed by atoms with E-state index in [2.05, 4.69) is 46.9 Å². The molecule has 0 aromatic rings. The number of carbonyl (C=O) groups is 1. The molecule has 0 saturated carbocycles. The lowest BCUT2D eigenvalue weighted by Crippen LogP contribution is -2.46. The van der Waals surface area contributed by atoms with Crippen LogP contribution in [0.5, 0.6) is 0 Å². The zero-order valence-corrected chi connectivity index (χ0v) is 10.8. The van der Waals surface area contributed by atoms with Gasteiger partial charge in [-0.05, 0) is 23.7 Å². The highest BCUT2D eigenvalue weighted by Gasteiger charge is 2.32. The highest BCUT2D eigenvalue weighted by atomic mass is 16.4. The van der Waals surface area contributed by atoms with Gasteiger partial charge in [0.1, 0.15) is 0 Å². The van der Waals surface area contributed by atoms with E-state index < -0.39 is 6.09 Å². The van der Waals surface area contributed by atoms with Crippen molar-refractivity contribution in [2.45, 2.75) is 60.4 Å². The Balaban J connectivity index is 4.66. The summed E-state index contributed by atoms with van der Waals surface area (Å²) in [4.78, 5) is 10.7. The van der Waals surface area contributed by atoms with Gasteiger partial charge in [-0.3, -0.25) is 0 Å². The Morgan fingerprint density at radius 1 is 1.27 bits per heavy atom. The van der Waals surface area contributed by atoms with Gasteiger partial charge in [-0.2, -0.15) is 0 Å². The molecule has 0 radical (unpaired) electrons. The molecule has 0 bridgehead atoms. The van der Waals surface area contributed by atoms with Crippen LogP contribution in [0.2, 0.25) is 0 Å². The predicted octanol–water partition coefficient (Wildman–Crippen LogP) is 3.50. The SMILES string of the molecule is CCC(C)(C)C(CC(C)(C)C)NC(=O)O. The van der Waals surface area contributed by atoms with Crippen LogP contribution in [0.4, 0.5) is 4.79 Å². The van der Waals surface area contributed by atoms with E-state index in [0.717, 1.165) is 12.8 Å². The molecule has 0 aliphatic heterocycles. The second kappa shape index (κ2) is 4.86. The van der Waals surface area contributed by atoms with Crippen LogP contribution in [0, 0.1) is 10.8 Å². The Hall–Kier alpha value is -0.730. The molecule has 0 aromatic carbocycles. The van der Waals surface area contributed by atoms with Gasteiger partial charge >= 0.3 is 6.09 Å². The molecule has 0 aliphatic rings. The third kappa shape index (κ3) is 5.65. The van der Waals surface area contributed by atoms with E-state index in [1.54, 1.807) is 0 Å². The van der Waals surface area contributed by atoms with Crippen molar-refractivity contribution in [1.29, 1.82) is 0 Å². The predicted molar refractivity (Wildman–Crippen MR) is 63.1 cm³/mol. The van der Waals surface area contributed by atoms with Gasteiger partial charge in [-0.1, -0.05) is 41.5 Å². The highest BCUT2D eigenvalue weighted by Crippen LogP contribution is 2.33. The largest absolute Gasteiger partial charge is 0.465 e. The molecule has 0 aromatic heterocycles. The quantitative estimate of drug-likeness (QED) is 0.754. The number of carboxylic acid groups (broad SMARTS) is 1. The van der Waals surface area contributed by atoms with Crippen molar-refractivity contribution in [1.82, 2.24) is 5.32 Å². The third-order valence-corrected chi connectivity index (χ3v) is 2.97. The summed E-state index contributed by atoms with van der Waals surface area (Å²) in [5.41, 5.74) is 0.144. The summed E-state index contributed by atoms with van der Waals surface area (Å²) in [6.45, 7) is 12.7. The molecule has 1 atom stereocenters. The molecule has 3 heteroatoms. The number of hydrogen-bond donors (Lipinski definition) is 2. The molecule has 0 aliphatic carbocycles. The summed E-state index contributed by atoms with van der Waals surface area (Å²) < 4.78 is 0. The van der Waals surface area contributed by atoms with Crippen LogP contribution in [-0.4, -0.2) is 17.2 Å². The monoisotopic (exact) mass is 215 g/mol. The van der Waals surface area contributed by atoms with E-state index >= 15 is 0 Å². The van der Waals surface area contributed by atoms with E-state index in [4.69, 9.17) is 5.11 Å². The molecular weight excluding hydrogens is 190 g/mol. The van der Waals surface area contributed by atoms with Crippen molar-refractivity contribution in [3.8, 4) is 0 Å². The fourth-order valence-corrected chi connectivity index (χ4v) is 1.53. The van der Waals surface area contributed by atoms with Crippen LogP contribution < -0.4 is 5.32 Å². The van der Waals surface area contributed by atoms with Gasteiger partial charge in [0.25, 0.3) is 0 Å². The fourth-order valence-electron chi connectivity index (χ4n) is 1.53. The van der Waals surface area contributed by atoms with E-state index in [1.165, 1.54) is 0 Å². The first kappa shape index (κ1) is 14.3. The lowest BCUT2D eigenvalue weighted by molar-refractivity contribution is 0.146. The summed E-state index contributed by atoms with van der Waals surface area (Å²) in [6, 6.07) is 0.0139. The molecule has 0 rings (SSSR count). The number of amides is 1. The van der Waals surface area contributed by atoms with Crippen LogP contribution in [0.25, 0.3) is 0 Å². The van der Waals surface area contributed by atoms with Gasteiger partial charge in [0.05, 0.1) is 0 Å². The first-order valence-corrected chi connectivity index (χ1v) is 5.58. The van der Waals surface area contributed by atoms with Gasteiger partial charge in [-0.25, -0.2) is 4.79 Å². The minimum Gasteiger partial charge on any atom is -0.465 e. The minimum atomic E-state index is -0.925. The van der Waals surface area contributed by atoms with Gasteiger partial charge in [0.2, 0.25) is 0 Å². The first-order chi connectivity index (χ1) is 6.58. The maximum Gasteiger partial charge on any atom is 0.404 e. The van der Waals surface area contributed by atoms with E-state index in [9.17, 15) is 4.79 Å². The maximum absolute atomic E-state index is 10.7. The molecule has 2 N–H and O–H groups in total. The maximum atomic E-state index is 10.7. The molecule has 15 heavy (non-hydrogen) atoms. The zero-order valence-electron chi connectivity index (χ0n) is 10.8. The fraction of sp³-hybridized carbons (Fsp3) is 0.917. The summed E-state index contributed by atoms with van der Waals surface area (Å²) in [6.07, 6.45) is 0.902. The second-order valence-electron chi connectivity index (χ2n) is 6.11. The second-order valence-corrected chi connectivity index (χ2v) is 6.11. The smallest absolute Gasteiger partial charge is 0.404 e. The standard InChI is InChI=1S/C12H25NO2/c1-7-12(5,6)9(13-10(14)15)8-11(2,3)4/h9,13H,7-8H2,1-6H3,(H,14,15). The van der Waals surface area contributed by atoms with E-state index in [-0.39, 0.29) is 16.9 Å². The Morgan fingerprint density at radius 2 is 1.73 bits per heavy atom. The normalized spacial score (nSPS) is 14.8. The van der Waals surface area contributed by atoms with Gasteiger partial charge in [-0.15, -0.1) is 0 Å². The number of nitrogens with one attached hydrogen (secondary N) is 1. The topological polar surface area (TPSA) is 49.3 Å². The third-order valence-electron chi connectivity index (χ3n) is 2.97. The zero-order chi connectivity index (χ0) is 12.3. The van der Waals surface area contributed by atoms with Crippen LogP contribution >= 0.6 is 0 Å². The van der Waals surface area contributed by atoms with E-state index in [1.807, 2.05) is 0 Å². The van der Waals surface area contributed by atoms with Gasteiger partial charge in [0.15, 0.2) is 0 Å². The summed E-state index contributed by atoms with van der Waals surface area (Å²) in [7, 11) is 0. The Morgan fingerprint density at radius 3 is 2.00 bits per heavy atom. The Kier molecular flexibility index (Phi) is 4.63. The first-order valence-electron chi connectivity index (χ1n) is 5.58. The Bertz CT molecular complexity index is 216. The van der Waals surface area contributed by atoms with Crippen LogP contribution in [-0.2, 0) is 0 Å². The van der Waals surface area contributed by atoms with Crippen molar-refractivity contribution in [2.24, 2.45) is 10.8 Å². The average Bonchev–Trinajstić information content (AvgIpc) is 1.99. The van der Waals surface area contributed by atoms with Crippen LogP contribution in [0.3, 0.4) is 0 Å². The highest BCUT2D eigenvalue weighted by molar-refractivity contribution is 5.65. The average molecular weight is 215 g/mol. The molecule has 0 fully saturated rings. The summed E-state index contributed by atoms with van der Waals surface area (Å²) in [5.74, 6) is 0. The minimum absolute atomic E-state index is 0.00562. The van der Waals surface area contributed by atoms with Gasteiger partial charge < -0.3 is 10.4 Å². The number of hydrogen-bond acceptors (Lipinski definition) is 1. The lowest BCUT2D eigenvalue weighted by atomic mass is 9.74. The van der Waals surface area contributed by atoms with Crippen molar-refractivity contribution in [2.75, 3.05) is 0 Å². The molecule has 3 nitrogen and oxygen atoms in total. The van der Waals surface area contributed by atoms with Crippen molar-refractivity contribution in [3.05, 3.63) is 0 Å². The lowest BCUT2D eigenvalue weighted by Gasteiger charge is -2.37. The Labute approximate surface area is 93.3 Å². The summed E-state index contributed by atoms with van der Waals surface area (Å²) in [5, 5.41) is 11.5. The molecular formula is C12H25NO2. The molecule has 90 valence electrons. The van der Waals surface area contributed by atoms with Crippen molar-refractivity contribution in [3.63, 3.8) is 0 Å². The molecule has 0 heterocycles. The molecule has 0 spiro atoms. The van der Waals surface area contributed by atoms with Crippen LogP contribution in [0.15, 0.2) is 0 Å². The van der Waals surface area contributed by atoms with Crippen molar-refractivity contribution < 1.29 is 9.90 Å². The molecule has 1 unspecified atom stereocenters. The summed E-state index contributed by atoms with van der Waals surface area (Å²) >= 11 is 0. The van der Waals surface area contributed by atoms with Gasteiger partial charge in [0, 0.05) is 6.04 Å².